The van der Waals surface area contributed by atoms with Crippen molar-refractivity contribution in [3.8, 4) is 11.8 Å². The third kappa shape index (κ3) is 4.15. The number of piperidine rings is 1. The number of likely N-dealkylation sites (tertiary alicyclic amines) is 1. The number of nitrogen functional groups attached to an aromatic ring is 1. The van der Waals surface area contributed by atoms with E-state index < -0.39 is 0 Å². The van der Waals surface area contributed by atoms with Crippen LogP contribution in [0.2, 0.25) is 0 Å². The number of nitrogens with one attached hydrogen (secondary N) is 1. The van der Waals surface area contributed by atoms with Gasteiger partial charge in [-0.15, -0.1) is 0 Å². The number of hydrogen-bond donors (Lipinski definition) is 2. The molecule has 3 heterocycles. The predicted octanol–water partition coefficient (Wildman–Crippen LogP) is 0.569. The molecule has 0 radical (unpaired) electrons. The molecule has 1 atom stereocenters. The number of hydrogen-bond acceptors (Lipinski definition) is 8. The molecule has 1 saturated heterocycles. The lowest BCUT2D eigenvalue weighted by Crippen LogP contribution is -2.45. The Bertz CT molecular complexity index is 909. The van der Waals surface area contributed by atoms with E-state index in [0.29, 0.717) is 25.3 Å². The lowest BCUT2D eigenvalue weighted by molar-refractivity contribution is -0.126. The smallest absolute Gasteiger partial charge is 0.298 e. The van der Waals surface area contributed by atoms with Gasteiger partial charge in [-0.1, -0.05) is 5.92 Å². The topological polar surface area (TPSA) is 130 Å². The van der Waals surface area contributed by atoms with Gasteiger partial charge in [0.05, 0.1) is 0 Å². The van der Waals surface area contributed by atoms with Crippen molar-refractivity contribution in [3.63, 3.8) is 0 Å². The Morgan fingerprint density at radius 3 is 2.86 bits per heavy atom. The van der Waals surface area contributed by atoms with Gasteiger partial charge < -0.3 is 16.0 Å². The van der Waals surface area contributed by atoms with E-state index in [9.17, 15) is 9.59 Å². The minimum absolute atomic E-state index is 0.0744. The first-order valence-electron chi connectivity index (χ1n) is 8.74. The highest BCUT2D eigenvalue weighted by Gasteiger charge is 2.26. The van der Waals surface area contributed by atoms with Crippen molar-refractivity contribution >= 4 is 35.6 Å². The number of carbonyl (C=O) groups excluding carboxylic acids is 2. The normalized spacial score (nSPS) is 15.9. The van der Waals surface area contributed by atoms with Gasteiger partial charge in [0.1, 0.15) is 12.0 Å². The summed E-state index contributed by atoms with van der Waals surface area (Å²) in [6.07, 6.45) is 6.56. The average molecular weight is 380 g/mol. The summed E-state index contributed by atoms with van der Waals surface area (Å²) in [7, 11) is 0. The molecule has 0 spiro atoms. The third-order valence-electron chi connectivity index (χ3n) is 4.25. The van der Waals surface area contributed by atoms with Gasteiger partial charge in [-0.05, 0) is 31.8 Å². The van der Waals surface area contributed by atoms with Crippen molar-refractivity contribution in [1.82, 2.24) is 24.8 Å². The van der Waals surface area contributed by atoms with Crippen molar-refractivity contribution in [1.29, 1.82) is 0 Å². The maximum atomic E-state index is 12.1. The van der Waals surface area contributed by atoms with Gasteiger partial charge in [0.25, 0.3) is 5.91 Å². The second-order valence-corrected chi connectivity index (χ2v) is 6.09. The molecule has 1 aliphatic rings. The van der Waals surface area contributed by atoms with Gasteiger partial charge in [-0.3, -0.25) is 9.59 Å². The fourth-order valence-electron chi connectivity index (χ4n) is 3.01. The maximum absolute atomic E-state index is 12.1. The number of aromatic nitrogens is 4. The third-order valence-corrected chi connectivity index (χ3v) is 4.25. The van der Waals surface area contributed by atoms with Crippen LogP contribution in [0, 0.1) is 11.8 Å². The van der Waals surface area contributed by atoms with Gasteiger partial charge in [0, 0.05) is 31.5 Å². The standard InChI is InChI=1S/C18H20N8O2/c1-2-5-14(28)25-9-3-6-13(10-25)24-17-15(16(19)22-11-23-17)26(12-27)18-20-7-4-8-21-18/h4,7-8,11-13H,3,6,9-10H2,1H3,(H3,19,22,23,24)/t13-/m1/s1. The summed E-state index contributed by atoms with van der Waals surface area (Å²) >= 11 is 0. The van der Waals surface area contributed by atoms with Gasteiger partial charge >= 0.3 is 0 Å². The quantitative estimate of drug-likeness (QED) is 0.569. The lowest BCUT2D eigenvalue weighted by atomic mass is 10.1. The number of amides is 2. The Hall–Kier alpha value is -3.74. The first-order valence-corrected chi connectivity index (χ1v) is 8.74. The SMILES string of the molecule is CC#CC(=O)N1CCC[C@@H](Nc2ncnc(N)c2N(C=O)c2ncccn2)C1. The molecule has 1 aliphatic heterocycles. The van der Waals surface area contributed by atoms with E-state index in [0.717, 1.165) is 12.8 Å². The summed E-state index contributed by atoms with van der Waals surface area (Å²) in [6.45, 7) is 2.76. The molecule has 10 nitrogen and oxygen atoms in total. The zero-order valence-electron chi connectivity index (χ0n) is 15.4. The van der Waals surface area contributed by atoms with E-state index in [1.165, 1.54) is 23.6 Å². The van der Waals surface area contributed by atoms with Crippen LogP contribution in [0.5, 0.6) is 0 Å². The number of rotatable bonds is 5. The van der Waals surface area contributed by atoms with Crippen LogP contribution in [0.25, 0.3) is 0 Å². The van der Waals surface area contributed by atoms with Gasteiger partial charge in [0.2, 0.25) is 12.4 Å². The highest BCUT2D eigenvalue weighted by molar-refractivity contribution is 5.94. The second-order valence-electron chi connectivity index (χ2n) is 6.09. The number of nitrogens with two attached hydrogens (primary N) is 1. The molecule has 0 bridgehead atoms. The Labute approximate surface area is 162 Å². The molecule has 0 saturated carbocycles. The largest absolute Gasteiger partial charge is 0.382 e. The Morgan fingerprint density at radius 2 is 2.14 bits per heavy atom. The summed E-state index contributed by atoms with van der Waals surface area (Å²) in [5.41, 5.74) is 6.29. The van der Waals surface area contributed by atoms with Crippen molar-refractivity contribution in [2.24, 2.45) is 0 Å². The molecular formula is C18H20N8O2. The van der Waals surface area contributed by atoms with Crippen LogP contribution in [0.3, 0.4) is 0 Å². The molecule has 3 rings (SSSR count). The van der Waals surface area contributed by atoms with Crippen molar-refractivity contribution < 1.29 is 9.59 Å². The number of carbonyl (C=O) groups is 2. The predicted molar refractivity (Wildman–Crippen MR) is 103 cm³/mol. The Balaban J connectivity index is 1.87. The first-order chi connectivity index (χ1) is 13.6. The van der Waals surface area contributed by atoms with Crippen LogP contribution >= 0.6 is 0 Å². The monoisotopic (exact) mass is 380 g/mol. The zero-order chi connectivity index (χ0) is 19.9. The molecule has 2 aromatic heterocycles. The second kappa shape index (κ2) is 8.77. The van der Waals surface area contributed by atoms with E-state index in [1.54, 1.807) is 17.9 Å². The fraction of sp³-hybridized carbons (Fsp3) is 0.333. The molecule has 0 unspecified atom stereocenters. The van der Waals surface area contributed by atoms with Crippen molar-refractivity contribution in [3.05, 3.63) is 24.8 Å². The molecule has 0 aliphatic carbocycles. The van der Waals surface area contributed by atoms with Crippen LogP contribution < -0.4 is 16.0 Å². The minimum Gasteiger partial charge on any atom is -0.382 e. The van der Waals surface area contributed by atoms with Crippen molar-refractivity contribution in [2.75, 3.05) is 29.0 Å². The Morgan fingerprint density at radius 1 is 1.36 bits per heavy atom. The van der Waals surface area contributed by atoms with Crippen LogP contribution in [-0.2, 0) is 9.59 Å². The molecule has 3 N–H and O–H groups in total. The number of anilines is 4. The summed E-state index contributed by atoms with van der Waals surface area (Å²) < 4.78 is 0. The summed E-state index contributed by atoms with van der Waals surface area (Å²) in [6, 6.07) is 1.57. The van der Waals surface area contributed by atoms with Crippen LogP contribution in [-0.4, -0.2) is 56.3 Å². The van der Waals surface area contributed by atoms with Crippen LogP contribution in [0.1, 0.15) is 19.8 Å². The summed E-state index contributed by atoms with van der Waals surface area (Å²) in [5.74, 6) is 5.62. The van der Waals surface area contributed by atoms with E-state index in [2.05, 4.69) is 37.1 Å². The van der Waals surface area contributed by atoms with Gasteiger partial charge in [-0.25, -0.2) is 24.8 Å². The summed E-state index contributed by atoms with van der Waals surface area (Å²) in [5, 5.41) is 3.27. The highest BCUT2D eigenvalue weighted by Crippen LogP contribution is 2.32. The van der Waals surface area contributed by atoms with Gasteiger partial charge in [0.15, 0.2) is 11.6 Å². The highest BCUT2D eigenvalue weighted by atomic mass is 16.2. The van der Waals surface area contributed by atoms with Crippen LogP contribution in [0.15, 0.2) is 24.8 Å². The molecule has 144 valence electrons. The van der Waals surface area contributed by atoms with Crippen LogP contribution in [0.4, 0.5) is 23.3 Å². The molecule has 2 aromatic rings. The van der Waals surface area contributed by atoms with E-state index >= 15 is 0 Å². The first kappa shape index (κ1) is 19.0. The average Bonchev–Trinajstić information content (AvgIpc) is 2.72. The molecule has 0 aromatic carbocycles. The maximum Gasteiger partial charge on any atom is 0.298 e. The molecule has 28 heavy (non-hydrogen) atoms. The molecule has 10 heteroatoms. The lowest BCUT2D eigenvalue weighted by Gasteiger charge is -2.33. The van der Waals surface area contributed by atoms with E-state index in [4.69, 9.17) is 5.73 Å². The molecular weight excluding hydrogens is 360 g/mol. The van der Waals surface area contributed by atoms with Crippen molar-refractivity contribution in [2.45, 2.75) is 25.8 Å². The Kier molecular flexibility index (Phi) is 5.96. The minimum atomic E-state index is -0.205. The van der Waals surface area contributed by atoms with E-state index in [-0.39, 0.29) is 29.4 Å². The van der Waals surface area contributed by atoms with Gasteiger partial charge in [-0.2, -0.15) is 0 Å². The van der Waals surface area contributed by atoms with E-state index in [1.807, 2.05) is 0 Å². The fourth-order valence-corrected chi connectivity index (χ4v) is 3.01. The molecule has 1 fully saturated rings. The zero-order valence-corrected chi connectivity index (χ0v) is 15.4. The summed E-state index contributed by atoms with van der Waals surface area (Å²) in [4.78, 5) is 43.1. The molecule has 2 amide bonds. The number of nitrogens with zero attached hydrogens (tertiary/aromatic N) is 6.